The number of amidine groups is 2. The number of hydrogen-bond acceptors (Lipinski definition) is 4. The first-order valence-electron chi connectivity index (χ1n) is 17.3. The minimum absolute atomic E-state index is 0.320. The lowest BCUT2D eigenvalue weighted by atomic mass is 9.95. The predicted octanol–water partition coefficient (Wildman–Crippen LogP) is 11.7. The number of nitrogens with one attached hydrogen (secondary N) is 1. The molecule has 0 fully saturated rings. The summed E-state index contributed by atoms with van der Waals surface area (Å²) >= 11 is 0. The van der Waals surface area contributed by atoms with Crippen molar-refractivity contribution in [3.63, 3.8) is 0 Å². The van der Waals surface area contributed by atoms with E-state index in [2.05, 4.69) is 163 Å². The third kappa shape index (κ3) is 5.08. The zero-order valence-electron chi connectivity index (χ0n) is 27.6. The molecule has 1 N–H and O–H groups in total. The number of furan rings is 1. The van der Waals surface area contributed by atoms with E-state index in [0.29, 0.717) is 5.84 Å². The summed E-state index contributed by atoms with van der Waals surface area (Å²) in [5.74, 6) is 1.44. The van der Waals surface area contributed by atoms with Crippen LogP contribution in [0.25, 0.3) is 65.7 Å². The average Bonchev–Trinajstić information content (AvgIpc) is 3.60. The summed E-state index contributed by atoms with van der Waals surface area (Å²) in [6.07, 6.45) is -0.320. The largest absolute Gasteiger partial charge is 0.456 e. The van der Waals surface area contributed by atoms with Crippen LogP contribution in [0.5, 0.6) is 0 Å². The van der Waals surface area contributed by atoms with Crippen molar-refractivity contribution in [2.75, 3.05) is 0 Å². The van der Waals surface area contributed by atoms with E-state index in [4.69, 9.17) is 14.4 Å². The molecule has 9 aromatic rings. The Hall–Kier alpha value is -6.78. The van der Waals surface area contributed by atoms with Crippen LogP contribution in [0.3, 0.4) is 0 Å². The standard InChI is InChI=1S/C47H31N3O/c1-2-13-33(14-3-1)45-48-46(34-26-24-32(25-27-34)38-18-8-16-31-12-6-7-17-37(31)38)50-47(49-45)40-20-10-22-42-44(40)43-39(19-9-21-41(43)51-42)36-28-23-30-11-4-5-15-35(30)29-36/h1-29,45H,(H,48,49,50). The molecular weight excluding hydrogens is 623 g/mol. The molecule has 1 atom stereocenters. The van der Waals surface area contributed by atoms with Crippen LogP contribution in [0.15, 0.2) is 190 Å². The van der Waals surface area contributed by atoms with E-state index >= 15 is 0 Å². The third-order valence-electron chi connectivity index (χ3n) is 9.94. The lowest BCUT2D eigenvalue weighted by Gasteiger charge is -2.24. The van der Waals surface area contributed by atoms with Crippen molar-refractivity contribution in [3.8, 4) is 22.3 Å². The van der Waals surface area contributed by atoms with E-state index in [-0.39, 0.29) is 6.17 Å². The summed E-state index contributed by atoms with van der Waals surface area (Å²) in [5.41, 5.74) is 9.29. The summed E-state index contributed by atoms with van der Waals surface area (Å²) in [6.45, 7) is 0. The van der Waals surface area contributed by atoms with Gasteiger partial charge in [0.1, 0.15) is 23.2 Å². The number of nitrogens with zero attached hydrogens (tertiary/aromatic N) is 2. The molecule has 8 aromatic carbocycles. The first-order chi connectivity index (χ1) is 25.3. The molecule has 51 heavy (non-hydrogen) atoms. The molecule has 1 aliphatic rings. The zero-order chi connectivity index (χ0) is 33.7. The van der Waals surface area contributed by atoms with Crippen molar-refractivity contribution >= 4 is 55.2 Å². The second kappa shape index (κ2) is 12.0. The highest BCUT2D eigenvalue weighted by atomic mass is 16.3. The van der Waals surface area contributed by atoms with Crippen LogP contribution >= 0.6 is 0 Å². The Labute approximate surface area is 295 Å². The second-order valence-corrected chi connectivity index (χ2v) is 13.0. The lowest BCUT2D eigenvalue weighted by Crippen LogP contribution is -2.33. The fraction of sp³-hybridized carbons (Fsp3) is 0.0213. The van der Waals surface area contributed by atoms with Gasteiger partial charge in [-0.25, -0.2) is 9.98 Å². The highest BCUT2D eigenvalue weighted by Gasteiger charge is 2.25. The number of fused-ring (bicyclic) bond motifs is 5. The van der Waals surface area contributed by atoms with Crippen molar-refractivity contribution in [2.45, 2.75) is 6.17 Å². The fourth-order valence-corrected chi connectivity index (χ4v) is 7.46. The number of hydrogen-bond donors (Lipinski definition) is 1. The van der Waals surface area contributed by atoms with E-state index in [0.717, 1.165) is 61.2 Å². The van der Waals surface area contributed by atoms with E-state index in [1.54, 1.807) is 0 Å². The van der Waals surface area contributed by atoms with E-state index in [1.165, 1.54) is 27.1 Å². The Bertz CT molecular complexity index is 2820. The first kappa shape index (κ1) is 29.2. The summed E-state index contributed by atoms with van der Waals surface area (Å²) in [6, 6.07) is 61.6. The fourth-order valence-electron chi connectivity index (χ4n) is 7.46. The monoisotopic (exact) mass is 653 g/mol. The SMILES string of the molecule is c1ccc(C2N=C(c3ccc(-c4cccc5ccccc45)cc3)N=C(c3cccc4oc5cccc(-c6ccc7ccccc7c6)c5c34)N2)cc1. The number of benzene rings is 8. The molecule has 4 nitrogen and oxygen atoms in total. The summed E-state index contributed by atoms with van der Waals surface area (Å²) in [5, 5.41) is 10.7. The van der Waals surface area contributed by atoms with Crippen molar-refractivity contribution in [1.82, 2.24) is 5.32 Å². The smallest absolute Gasteiger partial charge is 0.159 e. The Balaban J connectivity index is 1.12. The topological polar surface area (TPSA) is 49.9 Å². The number of aliphatic imine (C=N–C) groups is 2. The predicted molar refractivity (Wildman–Crippen MR) is 211 cm³/mol. The quantitative estimate of drug-likeness (QED) is 0.201. The second-order valence-electron chi connectivity index (χ2n) is 13.0. The van der Waals surface area contributed by atoms with Gasteiger partial charge in [0.15, 0.2) is 5.84 Å². The van der Waals surface area contributed by atoms with Crippen LogP contribution in [0.4, 0.5) is 0 Å². The number of rotatable bonds is 5. The first-order valence-corrected chi connectivity index (χ1v) is 17.3. The molecule has 0 saturated carbocycles. The molecule has 0 aliphatic carbocycles. The highest BCUT2D eigenvalue weighted by Crippen LogP contribution is 2.40. The van der Waals surface area contributed by atoms with Crippen molar-refractivity contribution in [3.05, 3.63) is 193 Å². The molecule has 1 unspecified atom stereocenters. The summed E-state index contributed by atoms with van der Waals surface area (Å²) in [4.78, 5) is 10.4. The molecule has 0 spiro atoms. The van der Waals surface area contributed by atoms with Crippen molar-refractivity contribution in [2.24, 2.45) is 9.98 Å². The van der Waals surface area contributed by atoms with Gasteiger partial charge < -0.3 is 9.73 Å². The molecule has 0 amide bonds. The Morgan fingerprint density at radius 3 is 1.88 bits per heavy atom. The van der Waals surface area contributed by atoms with Crippen molar-refractivity contribution in [1.29, 1.82) is 0 Å². The molecule has 0 bridgehead atoms. The lowest BCUT2D eigenvalue weighted by molar-refractivity contribution is 0.668. The van der Waals surface area contributed by atoms with Crippen LogP contribution in [0.2, 0.25) is 0 Å². The van der Waals surface area contributed by atoms with Crippen LogP contribution in [0, 0.1) is 0 Å². The van der Waals surface area contributed by atoms with Gasteiger partial charge in [-0.15, -0.1) is 0 Å². The molecule has 0 saturated heterocycles. The van der Waals surface area contributed by atoms with Gasteiger partial charge in [0.05, 0.1) is 0 Å². The summed E-state index contributed by atoms with van der Waals surface area (Å²) < 4.78 is 6.53. The summed E-state index contributed by atoms with van der Waals surface area (Å²) in [7, 11) is 0. The molecular formula is C47H31N3O. The van der Waals surface area contributed by atoms with Crippen LogP contribution in [0.1, 0.15) is 22.9 Å². The van der Waals surface area contributed by atoms with E-state index in [1.807, 2.05) is 18.2 Å². The van der Waals surface area contributed by atoms with Gasteiger partial charge in [-0.1, -0.05) is 158 Å². The minimum atomic E-state index is -0.320. The van der Waals surface area contributed by atoms with Gasteiger partial charge in [-0.05, 0) is 67.6 Å². The van der Waals surface area contributed by atoms with Gasteiger partial charge in [0.2, 0.25) is 0 Å². The van der Waals surface area contributed by atoms with Gasteiger partial charge in [0, 0.05) is 21.9 Å². The van der Waals surface area contributed by atoms with Crippen LogP contribution in [-0.4, -0.2) is 11.7 Å². The van der Waals surface area contributed by atoms with Crippen LogP contribution in [-0.2, 0) is 0 Å². The van der Waals surface area contributed by atoms with Gasteiger partial charge >= 0.3 is 0 Å². The van der Waals surface area contributed by atoms with Crippen LogP contribution < -0.4 is 5.32 Å². The molecule has 240 valence electrons. The van der Waals surface area contributed by atoms with E-state index < -0.39 is 0 Å². The Morgan fingerprint density at radius 1 is 0.451 bits per heavy atom. The maximum atomic E-state index is 6.53. The Morgan fingerprint density at radius 2 is 1.06 bits per heavy atom. The maximum Gasteiger partial charge on any atom is 0.159 e. The highest BCUT2D eigenvalue weighted by molar-refractivity contribution is 6.24. The normalized spacial score (nSPS) is 14.5. The maximum absolute atomic E-state index is 6.53. The molecule has 2 heterocycles. The van der Waals surface area contributed by atoms with Crippen molar-refractivity contribution < 1.29 is 4.42 Å². The van der Waals surface area contributed by atoms with E-state index in [9.17, 15) is 0 Å². The van der Waals surface area contributed by atoms with Gasteiger partial charge in [0.25, 0.3) is 0 Å². The molecule has 0 radical (unpaired) electrons. The zero-order valence-corrected chi connectivity index (χ0v) is 27.6. The average molecular weight is 654 g/mol. The third-order valence-corrected chi connectivity index (χ3v) is 9.94. The molecule has 1 aromatic heterocycles. The molecule has 1 aliphatic heterocycles. The minimum Gasteiger partial charge on any atom is -0.456 e. The van der Waals surface area contributed by atoms with Gasteiger partial charge in [-0.2, -0.15) is 0 Å². The van der Waals surface area contributed by atoms with Gasteiger partial charge in [-0.3, -0.25) is 0 Å². The molecule has 10 rings (SSSR count). The molecule has 4 heteroatoms. The Kier molecular flexibility index (Phi) is 6.85.